The number of halogens is 2. The van der Waals surface area contributed by atoms with E-state index in [1.165, 1.54) is 23.5 Å². The van der Waals surface area contributed by atoms with Crippen LogP contribution in [0.2, 0.25) is 10.0 Å². The van der Waals surface area contributed by atoms with Crippen LogP contribution in [0.15, 0.2) is 40.7 Å². The summed E-state index contributed by atoms with van der Waals surface area (Å²) >= 11 is 13.4. The highest BCUT2D eigenvalue weighted by Crippen LogP contribution is 2.30. The van der Waals surface area contributed by atoms with Crippen molar-refractivity contribution in [3.8, 4) is 0 Å². The number of sulfonamides is 1. The number of aryl methyl sites for hydroxylation is 1. The van der Waals surface area contributed by atoms with E-state index in [2.05, 4.69) is 9.71 Å². The average Bonchev–Trinajstić information content (AvgIpc) is 2.89. The highest BCUT2D eigenvalue weighted by atomic mass is 35.5. The van der Waals surface area contributed by atoms with Gasteiger partial charge in [0.1, 0.15) is 4.90 Å². The maximum Gasteiger partial charge on any atom is 0.263 e. The zero-order chi connectivity index (χ0) is 15.9. The van der Waals surface area contributed by atoms with Gasteiger partial charge in [0, 0.05) is 5.02 Å². The Morgan fingerprint density at radius 2 is 1.91 bits per heavy atom. The fraction of sp³-hybridized carbons (Fsp3) is 0.0714. The van der Waals surface area contributed by atoms with Crippen molar-refractivity contribution in [2.24, 2.45) is 0 Å². The van der Waals surface area contributed by atoms with Crippen molar-refractivity contribution in [1.82, 2.24) is 4.98 Å². The van der Waals surface area contributed by atoms with Crippen LogP contribution in [0.1, 0.15) is 5.56 Å². The van der Waals surface area contributed by atoms with Gasteiger partial charge in [0.25, 0.3) is 10.0 Å². The lowest BCUT2D eigenvalue weighted by atomic mass is 10.2. The van der Waals surface area contributed by atoms with E-state index >= 15 is 0 Å². The lowest BCUT2D eigenvalue weighted by molar-refractivity contribution is 0.601. The smallest absolute Gasteiger partial charge is 0.263 e. The molecule has 0 fully saturated rings. The highest BCUT2D eigenvalue weighted by molar-refractivity contribution is 7.92. The van der Waals surface area contributed by atoms with Crippen LogP contribution in [0.25, 0.3) is 10.2 Å². The summed E-state index contributed by atoms with van der Waals surface area (Å²) in [4.78, 5) is 4.16. The Morgan fingerprint density at radius 3 is 2.68 bits per heavy atom. The van der Waals surface area contributed by atoms with E-state index in [1.54, 1.807) is 30.6 Å². The Hall–Kier alpha value is -1.34. The van der Waals surface area contributed by atoms with Gasteiger partial charge in [-0.2, -0.15) is 0 Å². The summed E-state index contributed by atoms with van der Waals surface area (Å²) in [6.45, 7) is 1.72. The second-order valence-electron chi connectivity index (χ2n) is 4.67. The number of rotatable bonds is 3. The Bertz CT molecular complexity index is 968. The summed E-state index contributed by atoms with van der Waals surface area (Å²) in [6.07, 6.45) is 0. The van der Waals surface area contributed by atoms with E-state index in [0.717, 1.165) is 10.2 Å². The summed E-state index contributed by atoms with van der Waals surface area (Å²) in [6, 6.07) is 8.05. The third-order valence-corrected chi connectivity index (χ3v) is 6.13. The Kier molecular flexibility index (Phi) is 4.03. The van der Waals surface area contributed by atoms with Crippen molar-refractivity contribution < 1.29 is 8.42 Å². The molecule has 0 amide bonds. The maximum atomic E-state index is 12.5. The molecule has 0 bridgehead atoms. The fourth-order valence-corrected chi connectivity index (χ4v) is 4.56. The third kappa shape index (κ3) is 2.92. The van der Waals surface area contributed by atoms with E-state index in [0.29, 0.717) is 16.3 Å². The molecule has 1 heterocycles. The minimum atomic E-state index is -3.79. The van der Waals surface area contributed by atoms with Gasteiger partial charge in [-0.25, -0.2) is 13.4 Å². The molecule has 1 aromatic heterocycles. The van der Waals surface area contributed by atoms with E-state index in [4.69, 9.17) is 23.2 Å². The average molecular weight is 373 g/mol. The standard InChI is InChI=1S/C14H10Cl2N2O2S2/c1-8-4-14(11(16)6-10(8)15)22(19,20)18-9-2-3-12-13(5-9)21-7-17-12/h2-7,18H,1H3. The van der Waals surface area contributed by atoms with Gasteiger partial charge in [-0.15, -0.1) is 11.3 Å². The maximum absolute atomic E-state index is 12.5. The minimum absolute atomic E-state index is 0.000434. The molecule has 1 N–H and O–H groups in total. The summed E-state index contributed by atoms with van der Waals surface area (Å²) < 4.78 is 28.4. The quantitative estimate of drug-likeness (QED) is 0.723. The van der Waals surface area contributed by atoms with Crippen molar-refractivity contribution in [2.75, 3.05) is 4.72 Å². The number of hydrogen-bond donors (Lipinski definition) is 1. The van der Waals surface area contributed by atoms with E-state index in [9.17, 15) is 8.42 Å². The molecule has 4 nitrogen and oxygen atoms in total. The predicted octanol–water partition coefficient (Wildman–Crippen LogP) is 4.71. The van der Waals surface area contributed by atoms with Gasteiger partial charge < -0.3 is 0 Å². The fourth-order valence-electron chi connectivity index (χ4n) is 1.97. The largest absolute Gasteiger partial charge is 0.280 e. The monoisotopic (exact) mass is 372 g/mol. The van der Waals surface area contributed by atoms with Gasteiger partial charge in [-0.05, 0) is 42.8 Å². The molecule has 0 atom stereocenters. The van der Waals surface area contributed by atoms with E-state index in [1.807, 2.05) is 0 Å². The summed E-state index contributed by atoms with van der Waals surface area (Å²) in [7, 11) is -3.79. The first-order valence-electron chi connectivity index (χ1n) is 6.18. The molecule has 0 unspecified atom stereocenters. The normalized spacial score (nSPS) is 11.8. The molecule has 8 heteroatoms. The van der Waals surface area contributed by atoms with Gasteiger partial charge in [0.2, 0.25) is 0 Å². The van der Waals surface area contributed by atoms with Crippen LogP contribution in [0.5, 0.6) is 0 Å². The SMILES string of the molecule is Cc1cc(S(=O)(=O)Nc2ccc3ncsc3c2)c(Cl)cc1Cl. The van der Waals surface area contributed by atoms with Crippen molar-refractivity contribution in [1.29, 1.82) is 0 Å². The molecule has 0 aliphatic carbocycles. The van der Waals surface area contributed by atoms with Gasteiger partial charge in [-0.3, -0.25) is 4.72 Å². The van der Waals surface area contributed by atoms with Crippen LogP contribution in [0, 0.1) is 6.92 Å². The Morgan fingerprint density at radius 1 is 1.14 bits per heavy atom. The molecule has 0 aliphatic rings. The molecule has 0 spiro atoms. The number of benzene rings is 2. The molecule has 114 valence electrons. The molecule has 0 aliphatic heterocycles. The molecule has 0 saturated carbocycles. The number of fused-ring (bicyclic) bond motifs is 1. The second-order valence-corrected chi connectivity index (χ2v) is 8.02. The Balaban J connectivity index is 2.01. The van der Waals surface area contributed by atoms with Crippen molar-refractivity contribution in [2.45, 2.75) is 11.8 Å². The van der Waals surface area contributed by atoms with Gasteiger partial charge >= 0.3 is 0 Å². The number of nitrogens with one attached hydrogen (secondary N) is 1. The van der Waals surface area contributed by atoms with Crippen LogP contribution in [0.3, 0.4) is 0 Å². The second kappa shape index (κ2) is 5.70. The summed E-state index contributed by atoms with van der Waals surface area (Å²) in [5.74, 6) is 0. The number of thiazole rings is 1. The van der Waals surface area contributed by atoms with Crippen molar-refractivity contribution in [3.05, 3.63) is 51.5 Å². The van der Waals surface area contributed by atoms with Crippen LogP contribution in [-0.2, 0) is 10.0 Å². The third-order valence-electron chi connectivity index (χ3n) is 3.09. The molecule has 0 radical (unpaired) electrons. The molecule has 3 aromatic rings. The molecular formula is C14H10Cl2N2O2S2. The van der Waals surface area contributed by atoms with Crippen LogP contribution in [-0.4, -0.2) is 13.4 Å². The number of nitrogens with zero attached hydrogens (tertiary/aromatic N) is 1. The van der Waals surface area contributed by atoms with Gasteiger partial charge in [0.05, 0.1) is 26.4 Å². The van der Waals surface area contributed by atoms with E-state index < -0.39 is 10.0 Å². The first-order valence-corrected chi connectivity index (χ1v) is 9.30. The lowest BCUT2D eigenvalue weighted by Gasteiger charge is -2.11. The van der Waals surface area contributed by atoms with E-state index in [-0.39, 0.29) is 9.92 Å². The topological polar surface area (TPSA) is 59.1 Å². The van der Waals surface area contributed by atoms with Crippen LogP contribution >= 0.6 is 34.5 Å². The minimum Gasteiger partial charge on any atom is -0.280 e. The molecule has 2 aromatic carbocycles. The zero-order valence-corrected chi connectivity index (χ0v) is 14.4. The van der Waals surface area contributed by atoms with Crippen LogP contribution < -0.4 is 4.72 Å². The zero-order valence-electron chi connectivity index (χ0n) is 11.3. The summed E-state index contributed by atoms with van der Waals surface area (Å²) in [5, 5.41) is 0.511. The first kappa shape index (κ1) is 15.6. The first-order chi connectivity index (χ1) is 10.4. The highest BCUT2D eigenvalue weighted by Gasteiger charge is 2.19. The molecule has 22 heavy (non-hydrogen) atoms. The Labute approximate surface area is 141 Å². The van der Waals surface area contributed by atoms with Crippen molar-refractivity contribution in [3.63, 3.8) is 0 Å². The number of anilines is 1. The van der Waals surface area contributed by atoms with Crippen LogP contribution in [0.4, 0.5) is 5.69 Å². The number of hydrogen-bond acceptors (Lipinski definition) is 4. The molecular weight excluding hydrogens is 363 g/mol. The lowest BCUT2D eigenvalue weighted by Crippen LogP contribution is -2.13. The molecule has 0 saturated heterocycles. The summed E-state index contributed by atoms with van der Waals surface area (Å²) in [5.41, 5.74) is 3.64. The predicted molar refractivity (Wildman–Crippen MR) is 91.6 cm³/mol. The van der Waals surface area contributed by atoms with Gasteiger partial charge in [-0.1, -0.05) is 23.2 Å². The number of aromatic nitrogens is 1. The molecule has 3 rings (SSSR count). The van der Waals surface area contributed by atoms with Crippen molar-refractivity contribution >= 4 is 60.5 Å². The van der Waals surface area contributed by atoms with Gasteiger partial charge in [0.15, 0.2) is 0 Å².